The molecule has 0 saturated heterocycles. The van der Waals surface area contributed by atoms with Crippen molar-refractivity contribution in [3.63, 3.8) is 0 Å². The third-order valence-corrected chi connectivity index (χ3v) is 3.79. The lowest BCUT2D eigenvalue weighted by Gasteiger charge is -2.18. The third kappa shape index (κ3) is 3.29. The van der Waals surface area contributed by atoms with Crippen LogP contribution in [0.5, 0.6) is 0 Å². The number of aryl methyl sites for hydroxylation is 1. The Labute approximate surface area is 119 Å². The molecule has 1 fully saturated rings. The van der Waals surface area contributed by atoms with Crippen LogP contribution in [0.3, 0.4) is 0 Å². The number of carbonyl (C=O) groups excluding carboxylic acids is 1. The van der Waals surface area contributed by atoms with Crippen molar-refractivity contribution in [2.24, 2.45) is 5.92 Å². The Hall–Kier alpha value is -2.03. The molecule has 2 aromatic rings. The molecule has 0 spiro atoms. The minimum Gasteiger partial charge on any atom is -0.472 e. The molecule has 0 aliphatic heterocycles. The van der Waals surface area contributed by atoms with Gasteiger partial charge in [-0.15, -0.1) is 0 Å². The summed E-state index contributed by atoms with van der Waals surface area (Å²) < 4.78 is 5.01. The first-order valence-electron chi connectivity index (χ1n) is 7.18. The summed E-state index contributed by atoms with van der Waals surface area (Å²) >= 11 is 0. The smallest absolute Gasteiger partial charge is 0.220 e. The van der Waals surface area contributed by atoms with Crippen molar-refractivity contribution in [1.29, 1.82) is 0 Å². The first kappa shape index (κ1) is 13.0. The van der Waals surface area contributed by atoms with E-state index in [2.05, 4.69) is 17.4 Å². The van der Waals surface area contributed by atoms with Gasteiger partial charge >= 0.3 is 0 Å². The summed E-state index contributed by atoms with van der Waals surface area (Å²) in [5.74, 6) is 0.724. The van der Waals surface area contributed by atoms with Gasteiger partial charge in [-0.1, -0.05) is 30.3 Å². The van der Waals surface area contributed by atoms with Crippen LogP contribution < -0.4 is 5.32 Å². The van der Waals surface area contributed by atoms with E-state index in [0.29, 0.717) is 12.3 Å². The molecule has 1 aliphatic rings. The fraction of sp³-hybridized carbons (Fsp3) is 0.353. The van der Waals surface area contributed by atoms with Gasteiger partial charge in [0, 0.05) is 6.42 Å². The normalized spacial score (nSPS) is 15.8. The van der Waals surface area contributed by atoms with Crippen molar-refractivity contribution in [2.45, 2.75) is 31.7 Å². The summed E-state index contributed by atoms with van der Waals surface area (Å²) in [5, 5.41) is 3.19. The number of nitrogens with one attached hydrogen (secondary N) is 1. The SMILES string of the molecule is O=C(CCc1ccoc1)NC(c1ccccc1)C1CC1. The summed E-state index contributed by atoms with van der Waals surface area (Å²) in [6, 6.07) is 12.3. The molecule has 1 atom stereocenters. The van der Waals surface area contributed by atoms with E-state index in [0.717, 1.165) is 12.0 Å². The highest BCUT2D eigenvalue weighted by atomic mass is 16.3. The second kappa shape index (κ2) is 5.95. The van der Waals surface area contributed by atoms with Gasteiger partial charge in [0.2, 0.25) is 5.91 Å². The fourth-order valence-corrected chi connectivity index (χ4v) is 2.50. The standard InChI is InChI=1S/C17H19NO2/c19-16(9-6-13-10-11-20-12-13)18-17(15-7-8-15)14-4-2-1-3-5-14/h1-5,10-12,15,17H,6-9H2,(H,18,19). The molecule has 1 amide bonds. The molecule has 1 saturated carbocycles. The lowest BCUT2D eigenvalue weighted by Crippen LogP contribution is -2.30. The zero-order valence-corrected chi connectivity index (χ0v) is 11.4. The van der Waals surface area contributed by atoms with Crippen LogP contribution in [0, 0.1) is 5.92 Å². The highest BCUT2D eigenvalue weighted by Gasteiger charge is 2.33. The van der Waals surface area contributed by atoms with Crippen molar-refractivity contribution < 1.29 is 9.21 Å². The van der Waals surface area contributed by atoms with Gasteiger partial charge in [0.1, 0.15) is 0 Å². The van der Waals surface area contributed by atoms with Crippen molar-refractivity contribution in [3.05, 3.63) is 60.1 Å². The van der Waals surface area contributed by atoms with Gasteiger partial charge in [-0.3, -0.25) is 4.79 Å². The van der Waals surface area contributed by atoms with Gasteiger partial charge in [-0.05, 0) is 42.4 Å². The van der Waals surface area contributed by atoms with Crippen LogP contribution in [0.4, 0.5) is 0 Å². The number of furan rings is 1. The minimum atomic E-state index is 0.118. The number of rotatable bonds is 6. The van der Waals surface area contributed by atoms with Crippen molar-refractivity contribution in [3.8, 4) is 0 Å². The number of hydrogen-bond donors (Lipinski definition) is 1. The molecule has 1 aromatic carbocycles. The zero-order chi connectivity index (χ0) is 13.8. The number of amides is 1. The molecule has 1 aliphatic carbocycles. The molecule has 3 nitrogen and oxygen atoms in total. The fourth-order valence-electron chi connectivity index (χ4n) is 2.50. The van der Waals surface area contributed by atoms with E-state index < -0.39 is 0 Å². The Morgan fingerprint density at radius 1 is 1.25 bits per heavy atom. The summed E-state index contributed by atoms with van der Waals surface area (Å²) in [4.78, 5) is 12.1. The van der Waals surface area contributed by atoms with Crippen LogP contribution in [0.25, 0.3) is 0 Å². The van der Waals surface area contributed by atoms with Gasteiger partial charge in [-0.25, -0.2) is 0 Å². The molecule has 3 rings (SSSR count). The van der Waals surface area contributed by atoms with Crippen LogP contribution in [0.1, 0.15) is 36.4 Å². The Morgan fingerprint density at radius 3 is 2.70 bits per heavy atom. The quantitative estimate of drug-likeness (QED) is 0.872. The lowest BCUT2D eigenvalue weighted by molar-refractivity contribution is -0.122. The second-order valence-corrected chi connectivity index (χ2v) is 5.42. The van der Waals surface area contributed by atoms with E-state index in [1.54, 1.807) is 12.5 Å². The van der Waals surface area contributed by atoms with E-state index in [4.69, 9.17) is 4.42 Å². The van der Waals surface area contributed by atoms with Gasteiger partial charge in [0.25, 0.3) is 0 Å². The van der Waals surface area contributed by atoms with Crippen LogP contribution >= 0.6 is 0 Å². The van der Waals surface area contributed by atoms with Gasteiger partial charge in [0.15, 0.2) is 0 Å². The van der Waals surface area contributed by atoms with Crippen LogP contribution in [0.15, 0.2) is 53.3 Å². The molecule has 0 radical (unpaired) electrons. The van der Waals surface area contributed by atoms with Crippen LogP contribution in [0.2, 0.25) is 0 Å². The molecule has 0 bridgehead atoms. The maximum Gasteiger partial charge on any atom is 0.220 e. The summed E-state index contributed by atoms with van der Waals surface area (Å²) in [6.07, 6.45) is 7.00. The highest BCUT2D eigenvalue weighted by Crippen LogP contribution is 2.40. The molecule has 20 heavy (non-hydrogen) atoms. The van der Waals surface area contributed by atoms with E-state index in [1.807, 2.05) is 24.3 Å². The predicted octanol–water partition coefficient (Wildman–Crippen LogP) is 3.48. The maximum atomic E-state index is 12.1. The molecular formula is C17H19NO2. The van der Waals surface area contributed by atoms with Gasteiger partial charge < -0.3 is 9.73 Å². The van der Waals surface area contributed by atoms with Crippen LogP contribution in [-0.2, 0) is 11.2 Å². The highest BCUT2D eigenvalue weighted by molar-refractivity contribution is 5.76. The summed E-state index contributed by atoms with van der Waals surface area (Å²) in [5.41, 5.74) is 2.29. The topological polar surface area (TPSA) is 42.2 Å². The van der Waals surface area contributed by atoms with E-state index in [-0.39, 0.29) is 11.9 Å². The van der Waals surface area contributed by atoms with Crippen molar-refractivity contribution in [2.75, 3.05) is 0 Å². The third-order valence-electron chi connectivity index (χ3n) is 3.79. The van der Waals surface area contributed by atoms with Gasteiger partial charge in [0.05, 0.1) is 18.6 Å². The first-order valence-corrected chi connectivity index (χ1v) is 7.18. The Balaban J connectivity index is 1.58. The minimum absolute atomic E-state index is 0.118. The average molecular weight is 269 g/mol. The van der Waals surface area contributed by atoms with Crippen molar-refractivity contribution >= 4 is 5.91 Å². The molecule has 1 aromatic heterocycles. The molecule has 1 heterocycles. The first-order chi connectivity index (χ1) is 9.83. The Bertz CT molecular complexity index is 544. The number of benzene rings is 1. The van der Waals surface area contributed by atoms with E-state index in [1.165, 1.54) is 18.4 Å². The van der Waals surface area contributed by atoms with E-state index in [9.17, 15) is 4.79 Å². The Kier molecular flexibility index (Phi) is 3.86. The Morgan fingerprint density at radius 2 is 2.05 bits per heavy atom. The van der Waals surface area contributed by atoms with Crippen LogP contribution in [-0.4, -0.2) is 5.91 Å². The van der Waals surface area contributed by atoms with E-state index >= 15 is 0 Å². The van der Waals surface area contributed by atoms with Crippen molar-refractivity contribution in [1.82, 2.24) is 5.32 Å². The zero-order valence-electron chi connectivity index (χ0n) is 11.4. The monoisotopic (exact) mass is 269 g/mol. The molecule has 104 valence electrons. The summed E-state index contributed by atoms with van der Waals surface area (Å²) in [7, 11) is 0. The molecule has 1 unspecified atom stereocenters. The summed E-state index contributed by atoms with van der Waals surface area (Å²) in [6.45, 7) is 0. The predicted molar refractivity (Wildman–Crippen MR) is 77.1 cm³/mol. The number of carbonyl (C=O) groups is 1. The average Bonchev–Trinajstić information content (AvgIpc) is 3.19. The largest absolute Gasteiger partial charge is 0.472 e. The molecule has 3 heteroatoms. The lowest BCUT2D eigenvalue weighted by atomic mass is 10.0. The van der Waals surface area contributed by atoms with Gasteiger partial charge in [-0.2, -0.15) is 0 Å². The maximum absolute atomic E-state index is 12.1. The second-order valence-electron chi connectivity index (χ2n) is 5.42. The molecular weight excluding hydrogens is 250 g/mol. The number of hydrogen-bond acceptors (Lipinski definition) is 2. The molecule has 1 N–H and O–H groups in total.